The van der Waals surface area contributed by atoms with Crippen molar-refractivity contribution < 1.29 is 0 Å². The van der Waals surface area contributed by atoms with Gasteiger partial charge in [-0.3, -0.25) is 0 Å². The largest absolute Gasteiger partial charge is 0.0654 e. The zero-order valence-corrected chi connectivity index (χ0v) is 10.8. The standard InChI is InChI=1S/C18H18/c1-2-7-13-12-18(13)16-10-5-3-8-14(16)15-9-4-6-11-17(15)18/h3-6,8-11,13H,2,7,12H2,1H3/t13-/m1/s1. The number of hydrogen-bond donors (Lipinski definition) is 0. The Morgan fingerprint density at radius 3 is 2.06 bits per heavy atom. The van der Waals surface area contributed by atoms with Crippen molar-refractivity contribution >= 4 is 0 Å². The van der Waals surface area contributed by atoms with Crippen molar-refractivity contribution in [2.24, 2.45) is 5.92 Å². The Morgan fingerprint density at radius 1 is 0.944 bits per heavy atom. The molecule has 0 amide bonds. The maximum atomic E-state index is 2.35. The Morgan fingerprint density at radius 2 is 1.50 bits per heavy atom. The molecule has 0 heterocycles. The van der Waals surface area contributed by atoms with Crippen LogP contribution in [0, 0.1) is 5.92 Å². The predicted octanol–water partition coefficient (Wildman–Crippen LogP) is 4.77. The van der Waals surface area contributed by atoms with Crippen LogP contribution >= 0.6 is 0 Å². The molecular weight excluding hydrogens is 216 g/mol. The summed E-state index contributed by atoms with van der Waals surface area (Å²) in [6, 6.07) is 18.0. The molecule has 1 atom stereocenters. The van der Waals surface area contributed by atoms with E-state index in [-0.39, 0.29) is 0 Å². The van der Waals surface area contributed by atoms with Crippen LogP contribution < -0.4 is 0 Å². The van der Waals surface area contributed by atoms with Gasteiger partial charge in [-0.15, -0.1) is 0 Å². The molecule has 0 radical (unpaired) electrons. The Hall–Kier alpha value is -1.56. The summed E-state index contributed by atoms with van der Waals surface area (Å²) in [6.07, 6.45) is 4.02. The molecule has 0 bridgehead atoms. The third-order valence-electron chi connectivity index (χ3n) is 4.85. The first-order chi connectivity index (χ1) is 8.88. The monoisotopic (exact) mass is 234 g/mol. The van der Waals surface area contributed by atoms with Crippen LogP contribution in [0.25, 0.3) is 11.1 Å². The molecule has 0 aliphatic heterocycles. The van der Waals surface area contributed by atoms with Crippen molar-refractivity contribution in [1.82, 2.24) is 0 Å². The number of hydrogen-bond acceptors (Lipinski definition) is 0. The summed E-state index contributed by atoms with van der Waals surface area (Å²) >= 11 is 0. The predicted molar refractivity (Wildman–Crippen MR) is 75.7 cm³/mol. The minimum atomic E-state index is 0.378. The van der Waals surface area contributed by atoms with Crippen LogP contribution in [0.2, 0.25) is 0 Å². The van der Waals surface area contributed by atoms with Gasteiger partial charge in [0, 0.05) is 5.41 Å². The van der Waals surface area contributed by atoms with E-state index >= 15 is 0 Å². The normalized spacial score (nSPS) is 21.7. The first-order valence-corrected chi connectivity index (χ1v) is 7.07. The lowest BCUT2D eigenvalue weighted by atomic mass is 9.90. The molecule has 1 spiro atoms. The van der Waals surface area contributed by atoms with Gasteiger partial charge in [0.15, 0.2) is 0 Å². The molecule has 0 nitrogen and oxygen atoms in total. The van der Waals surface area contributed by atoms with Gasteiger partial charge in [-0.1, -0.05) is 61.9 Å². The van der Waals surface area contributed by atoms with Crippen molar-refractivity contribution in [3.8, 4) is 11.1 Å². The van der Waals surface area contributed by atoms with E-state index in [1.54, 1.807) is 11.1 Å². The second kappa shape index (κ2) is 3.47. The van der Waals surface area contributed by atoms with E-state index in [1.165, 1.54) is 30.4 Å². The lowest BCUT2D eigenvalue weighted by molar-refractivity contribution is 0.635. The van der Waals surface area contributed by atoms with E-state index in [4.69, 9.17) is 0 Å². The third-order valence-corrected chi connectivity index (χ3v) is 4.85. The molecular formula is C18H18. The molecule has 0 aromatic heterocycles. The van der Waals surface area contributed by atoms with Gasteiger partial charge in [-0.25, -0.2) is 0 Å². The van der Waals surface area contributed by atoms with E-state index in [2.05, 4.69) is 55.5 Å². The molecule has 0 saturated heterocycles. The Labute approximate surface area is 109 Å². The Kier molecular flexibility index (Phi) is 2.00. The van der Waals surface area contributed by atoms with Crippen LogP contribution in [-0.4, -0.2) is 0 Å². The van der Waals surface area contributed by atoms with Gasteiger partial charge in [0.05, 0.1) is 0 Å². The van der Waals surface area contributed by atoms with Crippen molar-refractivity contribution in [2.75, 3.05) is 0 Å². The number of rotatable bonds is 2. The third kappa shape index (κ3) is 1.11. The molecule has 0 unspecified atom stereocenters. The van der Waals surface area contributed by atoms with Crippen LogP contribution in [0.5, 0.6) is 0 Å². The van der Waals surface area contributed by atoms with Crippen LogP contribution in [0.15, 0.2) is 48.5 Å². The summed E-state index contributed by atoms with van der Waals surface area (Å²) in [7, 11) is 0. The molecule has 90 valence electrons. The van der Waals surface area contributed by atoms with E-state index in [0.29, 0.717) is 5.41 Å². The highest BCUT2D eigenvalue weighted by Crippen LogP contribution is 2.67. The SMILES string of the molecule is CCC[C@@H]1CC12c1ccccc1-c1ccccc12. The second-order valence-corrected chi connectivity index (χ2v) is 5.75. The summed E-state index contributed by atoms with van der Waals surface area (Å²) in [4.78, 5) is 0. The molecule has 1 fully saturated rings. The fourth-order valence-electron chi connectivity index (χ4n) is 4.05. The van der Waals surface area contributed by atoms with Gasteiger partial charge in [-0.05, 0) is 41.0 Å². The molecule has 0 heteroatoms. The summed E-state index contributed by atoms with van der Waals surface area (Å²) < 4.78 is 0. The van der Waals surface area contributed by atoms with Gasteiger partial charge < -0.3 is 0 Å². The maximum Gasteiger partial charge on any atom is 0.0246 e. The number of benzene rings is 2. The molecule has 4 rings (SSSR count). The average molecular weight is 234 g/mol. The molecule has 2 aliphatic rings. The van der Waals surface area contributed by atoms with Crippen molar-refractivity contribution in [2.45, 2.75) is 31.6 Å². The van der Waals surface area contributed by atoms with Gasteiger partial charge in [0.25, 0.3) is 0 Å². The lowest BCUT2D eigenvalue weighted by Gasteiger charge is -2.13. The lowest BCUT2D eigenvalue weighted by Crippen LogP contribution is -2.07. The number of fused-ring (bicyclic) bond motifs is 5. The van der Waals surface area contributed by atoms with Gasteiger partial charge in [-0.2, -0.15) is 0 Å². The maximum absolute atomic E-state index is 2.35. The first-order valence-electron chi connectivity index (χ1n) is 7.07. The van der Waals surface area contributed by atoms with Crippen LogP contribution in [0.4, 0.5) is 0 Å². The zero-order valence-electron chi connectivity index (χ0n) is 10.8. The molecule has 2 aromatic carbocycles. The zero-order chi connectivity index (χ0) is 12.2. The minimum absolute atomic E-state index is 0.378. The molecule has 18 heavy (non-hydrogen) atoms. The fraction of sp³-hybridized carbons (Fsp3) is 0.333. The van der Waals surface area contributed by atoms with E-state index in [0.717, 1.165) is 5.92 Å². The molecule has 2 aliphatic carbocycles. The summed E-state index contributed by atoms with van der Waals surface area (Å²) in [5.74, 6) is 0.868. The summed E-state index contributed by atoms with van der Waals surface area (Å²) in [5.41, 5.74) is 6.51. The highest BCUT2D eigenvalue weighted by molar-refractivity contribution is 5.83. The topological polar surface area (TPSA) is 0 Å². The van der Waals surface area contributed by atoms with E-state index in [9.17, 15) is 0 Å². The van der Waals surface area contributed by atoms with Crippen LogP contribution in [0.3, 0.4) is 0 Å². The Bertz CT molecular complexity index is 563. The second-order valence-electron chi connectivity index (χ2n) is 5.75. The fourth-order valence-corrected chi connectivity index (χ4v) is 4.05. The average Bonchev–Trinajstić information content (AvgIpc) is 3.06. The van der Waals surface area contributed by atoms with Crippen molar-refractivity contribution in [3.05, 3.63) is 59.7 Å². The first kappa shape index (κ1) is 10.4. The Balaban J connectivity index is 1.95. The molecule has 1 saturated carbocycles. The van der Waals surface area contributed by atoms with Crippen molar-refractivity contribution in [3.63, 3.8) is 0 Å². The summed E-state index contributed by atoms with van der Waals surface area (Å²) in [5, 5.41) is 0. The van der Waals surface area contributed by atoms with Gasteiger partial charge in [0.2, 0.25) is 0 Å². The van der Waals surface area contributed by atoms with Gasteiger partial charge in [0.1, 0.15) is 0 Å². The van der Waals surface area contributed by atoms with E-state index in [1.807, 2.05) is 0 Å². The molecule has 0 N–H and O–H groups in total. The van der Waals surface area contributed by atoms with Crippen LogP contribution in [-0.2, 0) is 5.41 Å². The molecule has 2 aromatic rings. The highest BCUT2D eigenvalue weighted by atomic mass is 14.6. The quantitative estimate of drug-likeness (QED) is 0.702. The van der Waals surface area contributed by atoms with Crippen molar-refractivity contribution in [1.29, 1.82) is 0 Å². The highest BCUT2D eigenvalue weighted by Gasteiger charge is 2.59. The van der Waals surface area contributed by atoms with Crippen LogP contribution in [0.1, 0.15) is 37.3 Å². The van der Waals surface area contributed by atoms with E-state index < -0.39 is 0 Å². The smallest absolute Gasteiger partial charge is 0.0246 e. The minimum Gasteiger partial charge on any atom is -0.0654 e. The summed E-state index contributed by atoms with van der Waals surface area (Å²) in [6.45, 7) is 2.30. The van der Waals surface area contributed by atoms with Gasteiger partial charge >= 0.3 is 0 Å².